The number of phenolic OH excluding ortho intramolecular Hbond substituents is 1. The molecule has 1 aliphatic heterocycles. The number of carboxylic acid groups (broad SMARTS) is 1. The van der Waals surface area contributed by atoms with Crippen molar-refractivity contribution in [1.29, 1.82) is 0 Å². The van der Waals surface area contributed by atoms with Crippen LogP contribution in [0.5, 0.6) is 5.75 Å². The molecule has 7 N–H and O–H groups in total. The molecule has 1 aromatic carbocycles. The van der Waals surface area contributed by atoms with Crippen molar-refractivity contribution in [2.24, 2.45) is 4.99 Å². The van der Waals surface area contributed by atoms with Crippen molar-refractivity contribution in [3.8, 4) is 5.75 Å². The number of carboxylic acids is 1. The first-order valence-electron chi connectivity index (χ1n) is 8.70. The van der Waals surface area contributed by atoms with Gasteiger partial charge in [-0.15, -0.1) is 0 Å². The number of guanidine groups is 1. The van der Waals surface area contributed by atoms with Crippen molar-refractivity contribution in [1.82, 2.24) is 16.0 Å². The highest BCUT2D eigenvalue weighted by Crippen LogP contribution is 2.20. The topological polar surface area (TPSA) is 172 Å². The third kappa shape index (κ3) is 7.25. The molecular weight excluding hydrogens is 389 g/mol. The summed E-state index contributed by atoms with van der Waals surface area (Å²) in [5.74, 6) is -2.46. The van der Waals surface area contributed by atoms with Gasteiger partial charge in [0, 0.05) is 17.3 Å². The zero-order chi connectivity index (χ0) is 21.4. The van der Waals surface area contributed by atoms with E-state index < -0.39 is 49.6 Å². The van der Waals surface area contributed by atoms with E-state index in [0.717, 1.165) is 0 Å². The monoisotopic (exact) mass is 411 g/mol. The van der Waals surface area contributed by atoms with E-state index in [-0.39, 0.29) is 24.4 Å². The number of hydrogen-bond acceptors (Lipinski definition) is 8. The summed E-state index contributed by atoms with van der Waals surface area (Å²) in [6, 6.07) is 2.96. The lowest BCUT2D eigenvalue weighted by molar-refractivity contribution is -0.138. The average Bonchev–Trinajstić information content (AvgIpc) is 2.66. The van der Waals surface area contributed by atoms with Gasteiger partial charge in [-0.05, 0) is 12.1 Å². The minimum Gasteiger partial charge on any atom is -0.508 e. The molecule has 0 aromatic heterocycles. The number of anilines is 1. The number of aliphatic imine (C=N–C) groups is 1. The molecule has 0 spiro atoms. The van der Waals surface area contributed by atoms with Crippen molar-refractivity contribution in [2.45, 2.75) is 18.6 Å². The highest BCUT2D eigenvalue weighted by Gasteiger charge is 2.17. The van der Waals surface area contributed by atoms with Gasteiger partial charge in [-0.2, -0.15) is 0 Å². The molecule has 0 aliphatic carbocycles. The lowest BCUT2D eigenvalue weighted by Gasteiger charge is -2.19. The van der Waals surface area contributed by atoms with Gasteiger partial charge in [0.15, 0.2) is 5.96 Å². The first-order valence-corrected chi connectivity index (χ1v) is 8.70. The van der Waals surface area contributed by atoms with E-state index in [1.807, 2.05) is 0 Å². The number of carbonyl (C=O) groups is 3. The lowest BCUT2D eigenvalue weighted by Crippen LogP contribution is -2.44. The number of amides is 2. The van der Waals surface area contributed by atoms with Crippen molar-refractivity contribution in [3.05, 3.63) is 23.8 Å². The van der Waals surface area contributed by atoms with E-state index >= 15 is 0 Å². The number of alkyl halides is 1. The Balaban J connectivity index is 1.94. The van der Waals surface area contributed by atoms with Crippen LogP contribution in [0.25, 0.3) is 0 Å². The summed E-state index contributed by atoms with van der Waals surface area (Å²) < 4.78 is 13.1. The van der Waals surface area contributed by atoms with Crippen LogP contribution in [0.3, 0.4) is 0 Å². The largest absolute Gasteiger partial charge is 0.508 e. The zero-order valence-electron chi connectivity index (χ0n) is 15.3. The fraction of sp³-hybridized carbons (Fsp3) is 0.412. The number of nitrogens with zero attached hydrogens (tertiary/aromatic N) is 1. The third-order valence-electron chi connectivity index (χ3n) is 3.80. The van der Waals surface area contributed by atoms with Crippen LogP contribution in [0.2, 0.25) is 0 Å². The SMILES string of the molecule is O=C(O)C[C@@H](CO)NC(=O)CNC(=O)c1cc(O)cc(NC2=NCC(F)CN2)c1. The molecule has 12 heteroatoms. The molecule has 0 radical (unpaired) electrons. The van der Waals surface area contributed by atoms with Gasteiger partial charge < -0.3 is 36.6 Å². The van der Waals surface area contributed by atoms with E-state index in [1.54, 1.807) is 0 Å². The number of nitrogens with one attached hydrogen (secondary N) is 4. The molecule has 0 fully saturated rings. The Kier molecular flexibility index (Phi) is 7.71. The van der Waals surface area contributed by atoms with Gasteiger partial charge in [0.25, 0.3) is 5.91 Å². The van der Waals surface area contributed by atoms with E-state index in [2.05, 4.69) is 26.3 Å². The zero-order valence-corrected chi connectivity index (χ0v) is 15.3. The van der Waals surface area contributed by atoms with E-state index in [9.17, 15) is 23.9 Å². The summed E-state index contributed by atoms with van der Waals surface area (Å²) >= 11 is 0. The van der Waals surface area contributed by atoms with E-state index in [0.29, 0.717) is 11.6 Å². The van der Waals surface area contributed by atoms with Crippen LogP contribution < -0.4 is 21.3 Å². The predicted molar refractivity (Wildman–Crippen MR) is 101 cm³/mol. The highest BCUT2D eigenvalue weighted by atomic mass is 19.1. The normalized spacial score (nSPS) is 16.8. The smallest absolute Gasteiger partial charge is 0.305 e. The number of halogens is 1. The standard InChI is InChI=1S/C17H22FN5O6/c18-10-5-20-17(21-6-10)23-11-1-9(2-13(25)3-11)16(29)19-7-14(26)22-12(8-24)4-15(27)28/h1-3,10,12,24-25H,4-8H2,(H,19,29)(H,22,26)(H,27,28)(H2,20,21,23)/t12-/m0/s1. The van der Waals surface area contributed by atoms with E-state index in [1.165, 1.54) is 18.2 Å². The van der Waals surface area contributed by atoms with Crippen molar-refractivity contribution in [3.63, 3.8) is 0 Å². The van der Waals surface area contributed by atoms with Crippen LogP contribution >= 0.6 is 0 Å². The lowest BCUT2D eigenvalue weighted by atomic mass is 10.1. The van der Waals surface area contributed by atoms with Gasteiger partial charge in [-0.25, -0.2) is 9.38 Å². The second-order valence-corrected chi connectivity index (χ2v) is 6.29. The molecule has 1 heterocycles. The Hall–Kier alpha value is -3.41. The van der Waals surface area contributed by atoms with Crippen LogP contribution in [0.1, 0.15) is 16.8 Å². The average molecular weight is 411 g/mol. The molecule has 1 aliphatic rings. The van der Waals surface area contributed by atoms with Crippen LogP contribution in [0, 0.1) is 0 Å². The molecule has 11 nitrogen and oxygen atoms in total. The quantitative estimate of drug-likeness (QED) is 0.279. The summed E-state index contributed by atoms with van der Waals surface area (Å²) in [5.41, 5.74) is 0.370. The molecule has 1 aromatic rings. The Bertz CT molecular complexity index is 803. The molecule has 2 rings (SSSR count). The van der Waals surface area contributed by atoms with Gasteiger partial charge in [-0.3, -0.25) is 14.4 Å². The van der Waals surface area contributed by atoms with Gasteiger partial charge in [0.2, 0.25) is 5.91 Å². The van der Waals surface area contributed by atoms with Gasteiger partial charge in [0.1, 0.15) is 11.9 Å². The maximum Gasteiger partial charge on any atom is 0.305 e. The van der Waals surface area contributed by atoms with Crippen LogP contribution in [0.4, 0.5) is 10.1 Å². The summed E-state index contributed by atoms with van der Waals surface area (Å²) in [7, 11) is 0. The maximum atomic E-state index is 13.1. The molecule has 1 unspecified atom stereocenters. The highest BCUT2D eigenvalue weighted by molar-refractivity contribution is 6.00. The van der Waals surface area contributed by atoms with Crippen LogP contribution in [-0.2, 0) is 9.59 Å². The molecule has 29 heavy (non-hydrogen) atoms. The second kappa shape index (κ2) is 10.2. The third-order valence-corrected chi connectivity index (χ3v) is 3.80. The number of carbonyl (C=O) groups excluding carboxylic acids is 2. The van der Waals surface area contributed by atoms with Gasteiger partial charge in [-0.1, -0.05) is 0 Å². The minimum atomic E-state index is -1.19. The minimum absolute atomic E-state index is 0.00663. The number of aliphatic hydroxyl groups is 1. The Morgan fingerprint density at radius 3 is 2.69 bits per heavy atom. The van der Waals surface area contributed by atoms with Crippen LogP contribution in [-0.4, -0.2) is 77.5 Å². The summed E-state index contributed by atoms with van der Waals surface area (Å²) in [6.45, 7) is -0.939. The summed E-state index contributed by atoms with van der Waals surface area (Å²) in [6.07, 6.45) is -1.54. The van der Waals surface area contributed by atoms with E-state index in [4.69, 9.17) is 10.2 Å². The van der Waals surface area contributed by atoms with Gasteiger partial charge >= 0.3 is 5.97 Å². The van der Waals surface area contributed by atoms with Gasteiger partial charge in [0.05, 0.1) is 38.7 Å². The van der Waals surface area contributed by atoms with Crippen molar-refractivity contribution >= 4 is 29.4 Å². The number of rotatable bonds is 8. The Morgan fingerprint density at radius 1 is 1.31 bits per heavy atom. The molecule has 0 saturated heterocycles. The molecular formula is C17H22FN5O6. The first kappa shape index (κ1) is 21.9. The Morgan fingerprint density at radius 2 is 2.07 bits per heavy atom. The number of aromatic hydroxyl groups is 1. The fourth-order valence-corrected chi connectivity index (χ4v) is 2.47. The first-order chi connectivity index (χ1) is 13.8. The van der Waals surface area contributed by atoms with Crippen molar-refractivity contribution < 1.29 is 34.1 Å². The molecule has 0 bridgehead atoms. The number of aliphatic hydroxyl groups excluding tert-OH is 1. The number of hydrogen-bond donors (Lipinski definition) is 7. The summed E-state index contributed by atoms with van der Waals surface area (Å²) in [4.78, 5) is 38.6. The predicted octanol–water partition coefficient (Wildman–Crippen LogP) is -1.22. The number of benzene rings is 1. The second-order valence-electron chi connectivity index (χ2n) is 6.29. The molecule has 0 saturated carbocycles. The van der Waals surface area contributed by atoms with Crippen LogP contribution in [0.15, 0.2) is 23.2 Å². The molecule has 2 atom stereocenters. The number of phenols is 1. The summed E-state index contributed by atoms with van der Waals surface area (Å²) in [5, 5.41) is 37.7. The molecule has 158 valence electrons. The maximum absolute atomic E-state index is 13.1. The Labute approximate surface area is 165 Å². The number of aliphatic carboxylic acids is 1. The van der Waals surface area contributed by atoms with Crippen molar-refractivity contribution in [2.75, 3.05) is 31.6 Å². The fourth-order valence-electron chi connectivity index (χ4n) is 2.47. The molecule has 2 amide bonds.